The molecule has 7 heteroatoms. The average molecular weight is 260 g/mol. The van der Waals surface area contributed by atoms with E-state index in [0.717, 1.165) is 5.56 Å². The van der Waals surface area contributed by atoms with E-state index in [2.05, 4.69) is 15.4 Å². The summed E-state index contributed by atoms with van der Waals surface area (Å²) in [6, 6.07) is 1.39. The fraction of sp³-hybridized carbons (Fsp3) is 0.250. The number of esters is 1. The van der Waals surface area contributed by atoms with Gasteiger partial charge in [0.05, 0.1) is 25.2 Å². The Balaban J connectivity index is 2.18. The highest BCUT2D eigenvalue weighted by Crippen LogP contribution is 2.34. The molecular weight excluding hydrogens is 248 g/mol. The molecule has 0 spiro atoms. The van der Waals surface area contributed by atoms with Gasteiger partial charge in [-0.2, -0.15) is 10.1 Å². The molecule has 3 rings (SSSR count). The number of hydrogen-bond acceptors (Lipinski definition) is 6. The second kappa shape index (κ2) is 4.27. The third-order valence-corrected chi connectivity index (χ3v) is 3.06. The number of anilines is 1. The summed E-state index contributed by atoms with van der Waals surface area (Å²) in [5.41, 5.74) is 1.99. The first-order valence-corrected chi connectivity index (χ1v) is 5.70. The highest BCUT2D eigenvalue weighted by Gasteiger charge is 2.34. The Morgan fingerprint density at radius 2 is 2.42 bits per heavy atom. The number of aromatic nitrogens is 3. The molecule has 0 aliphatic carbocycles. The predicted octanol–water partition coefficient (Wildman–Crippen LogP) is 1.33. The van der Waals surface area contributed by atoms with E-state index < -0.39 is 12.0 Å². The zero-order valence-corrected chi connectivity index (χ0v) is 10.5. The van der Waals surface area contributed by atoms with Gasteiger partial charge in [-0.1, -0.05) is 0 Å². The third kappa shape index (κ3) is 1.70. The SMILES string of the molecule is COC(=O)C1=C(C)Nc2ncnn2C1c1ccoc1. The van der Waals surface area contributed by atoms with E-state index in [1.807, 2.05) is 0 Å². The molecule has 1 atom stereocenters. The minimum absolute atomic E-state index is 0.398. The molecule has 1 N–H and O–H groups in total. The normalized spacial score (nSPS) is 17.9. The van der Waals surface area contributed by atoms with Crippen LogP contribution < -0.4 is 5.32 Å². The maximum absolute atomic E-state index is 12.0. The summed E-state index contributed by atoms with van der Waals surface area (Å²) in [6.45, 7) is 1.80. The molecule has 0 radical (unpaired) electrons. The Morgan fingerprint density at radius 1 is 1.58 bits per heavy atom. The van der Waals surface area contributed by atoms with Crippen LogP contribution in [0.4, 0.5) is 5.95 Å². The molecule has 2 aromatic rings. The Hall–Kier alpha value is -2.57. The van der Waals surface area contributed by atoms with Crippen molar-refractivity contribution in [2.24, 2.45) is 0 Å². The first-order chi connectivity index (χ1) is 9.22. The summed E-state index contributed by atoms with van der Waals surface area (Å²) in [5.74, 6) is 0.175. The summed E-state index contributed by atoms with van der Waals surface area (Å²) in [6.07, 6.45) is 4.57. The summed E-state index contributed by atoms with van der Waals surface area (Å²) < 4.78 is 11.6. The summed E-state index contributed by atoms with van der Waals surface area (Å²) >= 11 is 0. The second-order valence-corrected chi connectivity index (χ2v) is 4.14. The van der Waals surface area contributed by atoms with Crippen LogP contribution in [0.3, 0.4) is 0 Å². The van der Waals surface area contributed by atoms with Crippen LogP contribution in [-0.4, -0.2) is 27.8 Å². The zero-order valence-electron chi connectivity index (χ0n) is 10.5. The van der Waals surface area contributed by atoms with Gasteiger partial charge >= 0.3 is 5.97 Å². The van der Waals surface area contributed by atoms with Crippen molar-refractivity contribution in [3.05, 3.63) is 41.8 Å². The summed E-state index contributed by atoms with van der Waals surface area (Å²) in [4.78, 5) is 16.1. The molecule has 0 saturated carbocycles. The van der Waals surface area contributed by atoms with Gasteiger partial charge in [-0.05, 0) is 13.0 Å². The van der Waals surface area contributed by atoms with Gasteiger partial charge in [-0.3, -0.25) is 0 Å². The maximum atomic E-state index is 12.0. The Kier molecular flexibility index (Phi) is 2.59. The molecule has 0 saturated heterocycles. The Morgan fingerprint density at radius 3 is 3.11 bits per heavy atom. The lowest BCUT2D eigenvalue weighted by atomic mass is 9.98. The fourth-order valence-electron chi connectivity index (χ4n) is 2.20. The molecule has 0 aromatic carbocycles. The molecule has 0 fully saturated rings. The van der Waals surface area contributed by atoms with Crippen molar-refractivity contribution in [2.45, 2.75) is 13.0 Å². The Labute approximate surface area is 108 Å². The van der Waals surface area contributed by atoms with Gasteiger partial charge in [0.1, 0.15) is 12.4 Å². The smallest absolute Gasteiger partial charge is 0.338 e. The molecule has 3 heterocycles. The maximum Gasteiger partial charge on any atom is 0.338 e. The van der Waals surface area contributed by atoms with Gasteiger partial charge in [-0.25, -0.2) is 9.48 Å². The number of rotatable bonds is 2. The van der Waals surface area contributed by atoms with E-state index in [1.165, 1.54) is 13.4 Å². The van der Waals surface area contributed by atoms with Crippen molar-refractivity contribution in [2.75, 3.05) is 12.4 Å². The van der Waals surface area contributed by atoms with Gasteiger partial charge in [-0.15, -0.1) is 0 Å². The molecule has 2 aromatic heterocycles. The van der Waals surface area contributed by atoms with Crippen LogP contribution in [0.25, 0.3) is 0 Å². The molecular formula is C12H12N4O3. The lowest BCUT2D eigenvalue weighted by molar-refractivity contribution is -0.136. The predicted molar refractivity (Wildman–Crippen MR) is 65.2 cm³/mol. The van der Waals surface area contributed by atoms with Crippen LogP contribution in [-0.2, 0) is 9.53 Å². The molecule has 0 bridgehead atoms. The standard InChI is InChI=1S/C12H12N4O3/c1-7-9(11(17)18-2)10(8-3-4-19-5-8)16-12(15-7)13-6-14-16/h3-6,10H,1-2H3,(H,13,14,15). The van der Waals surface area contributed by atoms with Crippen molar-refractivity contribution in [3.8, 4) is 0 Å². The van der Waals surface area contributed by atoms with E-state index >= 15 is 0 Å². The van der Waals surface area contributed by atoms with Crippen molar-refractivity contribution in [1.29, 1.82) is 0 Å². The van der Waals surface area contributed by atoms with Gasteiger partial charge < -0.3 is 14.5 Å². The van der Waals surface area contributed by atoms with Crippen LogP contribution >= 0.6 is 0 Å². The monoisotopic (exact) mass is 260 g/mol. The number of nitrogens with zero attached hydrogens (tertiary/aromatic N) is 3. The largest absolute Gasteiger partial charge is 0.472 e. The third-order valence-electron chi connectivity index (χ3n) is 3.06. The fourth-order valence-corrected chi connectivity index (χ4v) is 2.20. The average Bonchev–Trinajstić information content (AvgIpc) is 3.06. The number of allylic oxidation sites excluding steroid dienone is 1. The first-order valence-electron chi connectivity index (χ1n) is 5.70. The minimum atomic E-state index is -0.405. The molecule has 1 aliphatic rings. The number of furan rings is 1. The number of carbonyl (C=O) groups excluding carboxylic acids is 1. The van der Waals surface area contributed by atoms with Crippen LogP contribution in [0.15, 0.2) is 40.6 Å². The second-order valence-electron chi connectivity index (χ2n) is 4.14. The number of fused-ring (bicyclic) bond motifs is 1. The molecule has 0 amide bonds. The Bertz CT molecular complexity index is 642. The highest BCUT2D eigenvalue weighted by molar-refractivity contribution is 5.92. The van der Waals surface area contributed by atoms with Gasteiger partial charge in [0, 0.05) is 11.3 Å². The van der Waals surface area contributed by atoms with Crippen LogP contribution in [0.1, 0.15) is 18.5 Å². The summed E-state index contributed by atoms with van der Waals surface area (Å²) in [7, 11) is 1.35. The van der Waals surface area contributed by atoms with Crippen molar-refractivity contribution in [1.82, 2.24) is 14.8 Å². The van der Waals surface area contributed by atoms with E-state index in [0.29, 0.717) is 17.2 Å². The molecule has 98 valence electrons. The van der Waals surface area contributed by atoms with Gasteiger partial charge in [0.2, 0.25) is 5.95 Å². The van der Waals surface area contributed by atoms with E-state index in [9.17, 15) is 4.79 Å². The number of carbonyl (C=O) groups is 1. The lowest BCUT2D eigenvalue weighted by Crippen LogP contribution is -2.29. The van der Waals surface area contributed by atoms with E-state index in [1.54, 1.807) is 30.2 Å². The highest BCUT2D eigenvalue weighted by atomic mass is 16.5. The van der Waals surface area contributed by atoms with Crippen LogP contribution in [0.5, 0.6) is 0 Å². The number of methoxy groups -OCH3 is 1. The summed E-state index contributed by atoms with van der Waals surface area (Å²) in [5, 5.41) is 7.19. The molecule has 1 unspecified atom stereocenters. The van der Waals surface area contributed by atoms with E-state index in [4.69, 9.17) is 9.15 Å². The van der Waals surface area contributed by atoms with Gasteiger partial charge in [0.25, 0.3) is 0 Å². The molecule has 1 aliphatic heterocycles. The van der Waals surface area contributed by atoms with Crippen molar-refractivity contribution < 1.29 is 13.9 Å². The first kappa shape index (κ1) is 11.5. The zero-order chi connectivity index (χ0) is 13.4. The number of ether oxygens (including phenoxy) is 1. The van der Waals surface area contributed by atoms with Crippen molar-refractivity contribution in [3.63, 3.8) is 0 Å². The van der Waals surface area contributed by atoms with Crippen LogP contribution in [0, 0.1) is 0 Å². The topological polar surface area (TPSA) is 82.2 Å². The lowest BCUT2D eigenvalue weighted by Gasteiger charge is -2.26. The van der Waals surface area contributed by atoms with E-state index in [-0.39, 0.29) is 0 Å². The minimum Gasteiger partial charge on any atom is -0.472 e. The quantitative estimate of drug-likeness (QED) is 0.820. The molecule has 7 nitrogen and oxygen atoms in total. The van der Waals surface area contributed by atoms with Crippen molar-refractivity contribution >= 4 is 11.9 Å². The van der Waals surface area contributed by atoms with Gasteiger partial charge in [0.15, 0.2) is 0 Å². The molecule has 19 heavy (non-hydrogen) atoms. The number of nitrogens with one attached hydrogen (secondary N) is 1. The van der Waals surface area contributed by atoms with Crippen LogP contribution in [0.2, 0.25) is 0 Å². The number of hydrogen-bond donors (Lipinski definition) is 1.